The van der Waals surface area contributed by atoms with Gasteiger partial charge in [0.15, 0.2) is 0 Å². The van der Waals surface area contributed by atoms with Crippen molar-refractivity contribution in [3.8, 4) is 0 Å². The normalized spacial score (nSPS) is 18.4. The molecule has 0 spiro atoms. The number of hydrogen-bond donors (Lipinski definition) is 0. The van der Waals surface area contributed by atoms with Gasteiger partial charge in [0, 0.05) is 16.4 Å². The minimum atomic E-state index is -1.15. The lowest BCUT2D eigenvalue weighted by Crippen LogP contribution is -2.13. The summed E-state index contributed by atoms with van der Waals surface area (Å²) in [5, 5.41) is 5.26. The molecule has 0 amide bonds. The quantitative estimate of drug-likeness (QED) is 0.813. The van der Waals surface area contributed by atoms with Crippen LogP contribution in [0.5, 0.6) is 0 Å². The molecule has 1 aliphatic heterocycles. The van der Waals surface area contributed by atoms with E-state index >= 15 is 0 Å². The summed E-state index contributed by atoms with van der Waals surface area (Å²) in [5.41, 5.74) is 2.12. The van der Waals surface area contributed by atoms with Crippen LogP contribution in [0.15, 0.2) is 65.8 Å². The Morgan fingerprint density at radius 1 is 1.00 bits per heavy atom. The molecule has 19 heavy (non-hydrogen) atoms. The smallest absolute Gasteiger partial charge is 0.205 e. The Kier molecular flexibility index (Phi) is 3.66. The fourth-order valence-corrected chi connectivity index (χ4v) is 4.13. The zero-order valence-corrected chi connectivity index (χ0v) is 11.7. The van der Waals surface area contributed by atoms with Gasteiger partial charge in [-0.05, 0) is 5.56 Å². The molecule has 0 N–H and O–H groups in total. The second-order valence-corrected chi connectivity index (χ2v) is 6.83. The van der Waals surface area contributed by atoms with E-state index in [1.807, 2.05) is 60.7 Å². The summed E-state index contributed by atoms with van der Waals surface area (Å²) in [6, 6.07) is 19.8. The topological polar surface area (TPSA) is 32.7 Å². The lowest BCUT2D eigenvalue weighted by Gasteiger charge is -2.10. The third-order valence-corrected chi connectivity index (χ3v) is 5.30. The van der Waals surface area contributed by atoms with Crippen molar-refractivity contribution in [2.75, 3.05) is 0 Å². The molecule has 96 valence electrons. The predicted molar refractivity (Wildman–Crippen MR) is 80.7 cm³/mol. The van der Waals surface area contributed by atoms with Crippen molar-refractivity contribution in [1.82, 2.24) is 4.41 Å². The summed E-state index contributed by atoms with van der Waals surface area (Å²) in [4.78, 5) is 0. The third-order valence-electron chi connectivity index (χ3n) is 2.71. The Bertz CT molecular complexity index is 614. The SMILES string of the molecule is O=S1SC(c2ccccc2)=NN1Cc1ccccc1. The van der Waals surface area contributed by atoms with Gasteiger partial charge in [-0.1, -0.05) is 60.7 Å². The molecule has 0 bridgehead atoms. The van der Waals surface area contributed by atoms with Crippen LogP contribution in [0.4, 0.5) is 0 Å². The third kappa shape index (κ3) is 2.88. The highest BCUT2D eigenvalue weighted by Gasteiger charge is 2.24. The van der Waals surface area contributed by atoms with Crippen LogP contribution in [0, 0.1) is 0 Å². The van der Waals surface area contributed by atoms with Gasteiger partial charge in [0.2, 0.25) is 10.0 Å². The monoisotopic (exact) mass is 288 g/mol. The summed E-state index contributed by atoms with van der Waals surface area (Å²) in [6.07, 6.45) is 0. The fourth-order valence-electron chi connectivity index (χ4n) is 1.78. The number of benzene rings is 2. The van der Waals surface area contributed by atoms with Crippen molar-refractivity contribution >= 4 is 25.9 Å². The number of rotatable bonds is 3. The van der Waals surface area contributed by atoms with E-state index in [4.69, 9.17) is 0 Å². The van der Waals surface area contributed by atoms with Gasteiger partial charge in [-0.3, -0.25) is 0 Å². The molecule has 1 unspecified atom stereocenters. The zero-order chi connectivity index (χ0) is 13.1. The average molecular weight is 288 g/mol. The van der Waals surface area contributed by atoms with Gasteiger partial charge in [0.05, 0.1) is 6.54 Å². The Morgan fingerprint density at radius 3 is 2.32 bits per heavy atom. The van der Waals surface area contributed by atoms with E-state index in [-0.39, 0.29) is 0 Å². The van der Waals surface area contributed by atoms with Gasteiger partial charge in [0.1, 0.15) is 5.04 Å². The van der Waals surface area contributed by atoms with Crippen LogP contribution < -0.4 is 0 Å². The minimum absolute atomic E-state index is 0.566. The highest BCUT2D eigenvalue weighted by atomic mass is 33.1. The second kappa shape index (κ2) is 5.59. The first-order chi connectivity index (χ1) is 9.33. The number of hydrazone groups is 1. The van der Waals surface area contributed by atoms with Gasteiger partial charge in [-0.15, -0.1) is 0 Å². The Balaban J connectivity index is 1.80. The molecule has 0 aromatic heterocycles. The maximum atomic E-state index is 12.0. The predicted octanol–water partition coefficient (Wildman–Crippen LogP) is 3.18. The fraction of sp³-hybridized carbons (Fsp3) is 0.0714. The summed E-state index contributed by atoms with van der Waals surface area (Å²) in [6.45, 7) is 0.566. The van der Waals surface area contributed by atoms with Crippen molar-refractivity contribution in [3.63, 3.8) is 0 Å². The van der Waals surface area contributed by atoms with E-state index in [1.165, 1.54) is 10.8 Å². The highest BCUT2D eigenvalue weighted by molar-refractivity contribution is 8.75. The summed E-state index contributed by atoms with van der Waals surface area (Å²) in [7, 11) is 0.149. The molecule has 2 aromatic rings. The number of nitrogens with zero attached hydrogens (tertiary/aromatic N) is 2. The van der Waals surface area contributed by atoms with Crippen molar-refractivity contribution in [2.24, 2.45) is 5.10 Å². The second-order valence-electron chi connectivity index (χ2n) is 4.07. The molecule has 0 fully saturated rings. The molecule has 0 saturated carbocycles. The van der Waals surface area contributed by atoms with E-state index in [0.29, 0.717) is 6.54 Å². The standard InChI is InChI=1S/C14H12N2OS2/c17-19-16(11-12-7-3-1-4-8-12)15-14(18-19)13-9-5-2-6-10-13/h1-10H,11H2. The van der Waals surface area contributed by atoms with Crippen molar-refractivity contribution in [3.05, 3.63) is 71.8 Å². The van der Waals surface area contributed by atoms with Crippen LogP contribution >= 0.6 is 10.8 Å². The zero-order valence-electron chi connectivity index (χ0n) is 10.1. The average Bonchev–Trinajstić information content (AvgIpc) is 2.82. The van der Waals surface area contributed by atoms with Crippen LogP contribution in [0.3, 0.4) is 0 Å². The Morgan fingerprint density at radius 2 is 1.63 bits per heavy atom. The van der Waals surface area contributed by atoms with Crippen LogP contribution in [0.1, 0.15) is 11.1 Å². The van der Waals surface area contributed by atoms with Crippen LogP contribution in [-0.4, -0.2) is 13.7 Å². The Labute approximate surface area is 118 Å². The van der Waals surface area contributed by atoms with Gasteiger partial charge in [0.25, 0.3) is 0 Å². The van der Waals surface area contributed by atoms with Crippen molar-refractivity contribution in [1.29, 1.82) is 0 Å². The first kappa shape index (κ1) is 12.4. The summed E-state index contributed by atoms with van der Waals surface area (Å²) in [5.74, 6) is 0. The van der Waals surface area contributed by atoms with Crippen molar-refractivity contribution < 1.29 is 4.21 Å². The molecule has 1 aliphatic rings. The van der Waals surface area contributed by atoms with Gasteiger partial charge >= 0.3 is 0 Å². The largest absolute Gasteiger partial charge is 0.223 e. The Hall–Kier alpha value is -1.59. The highest BCUT2D eigenvalue weighted by Crippen LogP contribution is 2.29. The molecule has 3 rings (SSSR count). The molecule has 2 aromatic carbocycles. The van der Waals surface area contributed by atoms with E-state index in [9.17, 15) is 4.21 Å². The molecule has 0 saturated heterocycles. The lowest BCUT2D eigenvalue weighted by atomic mass is 10.2. The maximum Gasteiger partial charge on any atom is 0.205 e. The van der Waals surface area contributed by atoms with E-state index < -0.39 is 10.0 Å². The lowest BCUT2D eigenvalue weighted by molar-refractivity contribution is 0.479. The van der Waals surface area contributed by atoms with E-state index in [0.717, 1.165) is 16.2 Å². The van der Waals surface area contributed by atoms with Crippen molar-refractivity contribution in [2.45, 2.75) is 6.54 Å². The first-order valence-corrected chi connectivity index (χ1v) is 8.32. The first-order valence-electron chi connectivity index (χ1n) is 5.88. The molecule has 3 nitrogen and oxygen atoms in total. The molecule has 0 radical (unpaired) electrons. The van der Waals surface area contributed by atoms with Crippen LogP contribution in [-0.2, 0) is 16.6 Å². The molecule has 0 aliphatic carbocycles. The summed E-state index contributed by atoms with van der Waals surface area (Å²) < 4.78 is 13.7. The van der Waals surface area contributed by atoms with Crippen LogP contribution in [0.2, 0.25) is 0 Å². The van der Waals surface area contributed by atoms with E-state index in [1.54, 1.807) is 4.41 Å². The van der Waals surface area contributed by atoms with Crippen LogP contribution in [0.25, 0.3) is 0 Å². The van der Waals surface area contributed by atoms with Gasteiger partial charge in [-0.2, -0.15) is 9.52 Å². The maximum absolute atomic E-state index is 12.0. The minimum Gasteiger partial charge on any atom is -0.223 e. The summed E-state index contributed by atoms with van der Waals surface area (Å²) >= 11 is 0. The molecule has 1 heterocycles. The molecule has 1 atom stereocenters. The number of hydrogen-bond acceptors (Lipinski definition) is 3. The van der Waals surface area contributed by atoms with Gasteiger partial charge < -0.3 is 0 Å². The molecular formula is C14H12N2OS2. The molecular weight excluding hydrogens is 276 g/mol. The van der Waals surface area contributed by atoms with Gasteiger partial charge in [-0.25, -0.2) is 4.21 Å². The van der Waals surface area contributed by atoms with E-state index in [2.05, 4.69) is 5.10 Å². The molecule has 5 heteroatoms.